The van der Waals surface area contributed by atoms with Gasteiger partial charge in [0.25, 0.3) is 0 Å². The molecule has 0 atom stereocenters. The second kappa shape index (κ2) is 12.3. The van der Waals surface area contributed by atoms with Crippen LogP contribution in [0, 0.1) is 0 Å². The first-order valence-electron chi connectivity index (χ1n) is 9.85. The fraction of sp³-hybridized carbons (Fsp3) is 0.409. The lowest BCUT2D eigenvalue weighted by atomic mass is 10.1. The second-order valence-electron chi connectivity index (χ2n) is 6.90. The van der Waals surface area contributed by atoms with Crippen molar-refractivity contribution in [1.29, 1.82) is 0 Å². The largest absolute Gasteiger partial charge is 0.487 e. The lowest BCUT2D eigenvalue weighted by Gasteiger charge is -2.24. The third-order valence-corrected chi connectivity index (χ3v) is 4.84. The van der Waals surface area contributed by atoms with Crippen LogP contribution >= 0.6 is 0 Å². The molecule has 0 aliphatic heterocycles. The molecule has 6 heteroatoms. The van der Waals surface area contributed by atoms with Gasteiger partial charge in [-0.15, -0.1) is 0 Å². The standard InChI is InChI=1S/C22H31N2O3Si/c1-4-5-14-24(27-28(2)3)15-13-19-11-12-22(21(16-19)23-18-25)26-17-20-9-7-6-8-10-20/h6-12,16,18H,4-5,13-15,17H2,1-3H3,(H,23,25). The molecular weight excluding hydrogens is 368 g/mol. The molecule has 0 saturated heterocycles. The maximum Gasteiger partial charge on any atom is 0.235 e. The SMILES string of the molecule is CCCCN(CCc1ccc(OCc2ccccc2)c(NC=O)c1)O[Si](C)C. The molecule has 151 valence electrons. The van der Waals surface area contributed by atoms with E-state index in [-0.39, 0.29) is 0 Å². The van der Waals surface area contributed by atoms with Gasteiger partial charge in [0, 0.05) is 13.1 Å². The number of unbranched alkanes of at least 4 members (excludes halogenated alkanes) is 1. The molecule has 0 bridgehead atoms. The number of carbonyl (C=O) groups is 1. The van der Waals surface area contributed by atoms with Gasteiger partial charge < -0.3 is 14.6 Å². The van der Waals surface area contributed by atoms with Crippen molar-refractivity contribution in [2.45, 2.75) is 45.9 Å². The van der Waals surface area contributed by atoms with Crippen LogP contribution in [0.4, 0.5) is 5.69 Å². The van der Waals surface area contributed by atoms with Crippen LogP contribution in [0.2, 0.25) is 13.1 Å². The van der Waals surface area contributed by atoms with Gasteiger partial charge >= 0.3 is 0 Å². The summed E-state index contributed by atoms with van der Waals surface area (Å²) >= 11 is 0. The molecule has 0 aromatic heterocycles. The van der Waals surface area contributed by atoms with Gasteiger partial charge in [-0.05, 0) is 49.2 Å². The van der Waals surface area contributed by atoms with Crippen molar-refractivity contribution in [2.75, 3.05) is 18.4 Å². The molecule has 1 amide bonds. The molecule has 2 aromatic rings. The highest BCUT2D eigenvalue weighted by Crippen LogP contribution is 2.26. The molecule has 2 rings (SSSR count). The van der Waals surface area contributed by atoms with Gasteiger partial charge in [0.15, 0.2) is 0 Å². The average molecular weight is 400 g/mol. The Labute approximate surface area is 170 Å². The van der Waals surface area contributed by atoms with E-state index in [1.165, 1.54) is 0 Å². The zero-order valence-electron chi connectivity index (χ0n) is 17.1. The molecule has 0 heterocycles. The summed E-state index contributed by atoms with van der Waals surface area (Å²) in [4.78, 5) is 11.0. The quantitative estimate of drug-likeness (QED) is 0.302. The Balaban J connectivity index is 2.00. The minimum absolute atomic E-state index is 0.462. The average Bonchev–Trinajstić information content (AvgIpc) is 2.70. The molecule has 0 aliphatic rings. The molecule has 0 fully saturated rings. The van der Waals surface area contributed by atoms with Crippen molar-refractivity contribution in [3.05, 3.63) is 59.7 Å². The Bertz CT molecular complexity index is 710. The Morgan fingerprint density at radius 3 is 2.54 bits per heavy atom. The van der Waals surface area contributed by atoms with Crippen molar-refractivity contribution >= 4 is 21.1 Å². The molecule has 2 aromatic carbocycles. The number of amides is 1. The van der Waals surface area contributed by atoms with E-state index in [1.54, 1.807) is 0 Å². The van der Waals surface area contributed by atoms with E-state index in [2.05, 4.69) is 36.5 Å². The molecule has 0 spiro atoms. The summed E-state index contributed by atoms with van der Waals surface area (Å²) in [5.74, 6) is 0.673. The summed E-state index contributed by atoms with van der Waals surface area (Å²) in [6.45, 7) is 8.73. The van der Waals surface area contributed by atoms with Crippen LogP contribution in [0.15, 0.2) is 48.5 Å². The van der Waals surface area contributed by atoms with Crippen molar-refractivity contribution in [2.24, 2.45) is 0 Å². The molecular formula is C22H31N2O3Si. The van der Waals surface area contributed by atoms with E-state index in [9.17, 15) is 4.79 Å². The number of anilines is 1. The molecule has 1 radical (unpaired) electrons. The van der Waals surface area contributed by atoms with Crippen molar-refractivity contribution in [3.63, 3.8) is 0 Å². The Morgan fingerprint density at radius 1 is 1.07 bits per heavy atom. The lowest BCUT2D eigenvalue weighted by molar-refractivity contribution is -0.105. The van der Waals surface area contributed by atoms with Crippen LogP contribution in [0.5, 0.6) is 5.75 Å². The van der Waals surface area contributed by atoms with Crippen LogP contribution in [-0.4, -0.2) is 33.6 Å². The molecule has 5 nitrogen and oxygen atoms in total. The number of nitrogens with zero attached hydrogens (tertiary/aromatic N) is 1. The lowest BCUT2D eigenvalue weighted by Crippen LogP contribution is -2.32. The number of hydroxylamine groups is 2. The summed E-state index contributed by atoms with van der Waals surface area (Å²) in [7, 11) is -0.776. The number of hydrogen-bond acceptors (Lipinski definition) is 4. The minimum atomic E-state index is -0.776. The van der Waals surface area contributed by atoms with E-state index >= 15 is 0 Å². The highest BCUT2D eigenvalue weighted by Gasteiger charge is 2.11. The first-order chi connectivity index (χ1) is 13.6. The minimum Gasteiger partial charge on any atom is -0.487 e. The third-order valence-electron chi connectivity index (χ3n) is 4.22. The van der Waals surface area contributed by atoms with E-state index < -0.39 is 9.04 Å². The summed E-state index contributed by atoms with van der Waals surface area (Å²) < 4.78 is 11.9. The number of hydrogen-bond donors (Lipinski definition) is 1. The summed E-state index contributed by atoms with van der Waals surface area (Å²) in [5.41, 5.74) is 2.92. The molecule has 0 saturated carbocycles. The first-order valence-corrected chi connectivity index (χ1v) is 12.3. The van der Waals surface area contributed by atoms with E-state index in [1.807, 2.05) is 42.5 Å². The smallest absolute Gasteiger partial charge is 0.235 e. The molecule has 28 heavy (non-hydrogen) atoms. The van der Waals surface area contributed by atoms with Crippen LogP contribution in [0.25, 0.3) is 0 Å². The number of nitrogens with one attached hydrogen (secondary N) is 1. The fourth-order valence-electron chi connectivity index (χ4n) is 2.82. The monoisotopic (exact) mass is 399 g/mol. The van der Waals surface area contributed by atoms with E-state index in [4.69, 9.17) is 9.26 Å². The summed E-state index contributed by atoms with van der Waals surface area (Å²) in [5, 5.41) is 4.85. The van der Waals surface area contributed by atoms with E-state index in [0.29, 0.717) is 24.5 Å². The molecule has 0 unspecified atom stereocenters. The maximum atomic E-state index is 11.0. The maximum absolute atomic E-state index is 11.0. The number of benzene rings is 2. The van der Waals surface area contributed by atoms with Crippen molar-refractivity contribution in [1.82, 2.24) is 5.06 Å². The van der Waals surface area contributed by atoms with Gasteiger partial charge in [-0.1, -0.05) is 49.7 Å². The Morgan fingerprint density at radius 2 is 1.86 bits per heavy atom. The molecule has 1 N–H and O–H groups in total. The highest BCUT2D eigenvalue weighted by molar-refractivity contribution is 6.48. The van der Waals surface area contributed by atoms with Crippen LogP contribution < -0.4 is 10.1 Å². The normalized spacial score (nSPS) is 11.0. The summed E-state index contributed by atoms with van der Waals surface area (Å²) in [6.07, 6.45) is 3.81. The zero-order valence-corrected chi connectivity index (χ0v) is 18.1. The first kappa shape index (κ1) is 22.1. The van der Waals surface area contributed by atoms with Gasteiger partial charge in [-0.3, -0.25) is 4.79 Å². The predicted octanol–water partition coefficient (Wildman–Crippen LogP) is 4.66. The van der Waals surface area contributed by atoms with Gasteiger partial charge in [0.1, 0.15) is 12.4 Å². The second-order valence-corrected chi connectivity index (χ2v) is 8.90. The zero-order chi connectivity index (χ0) is 20.2. The van der Waals surface area contributed by atoms with Crippen LogP contribution in [0.1, 0.15) is 30.9 Å². The van der Waals surface area contributed by atoms with E-state index in [0.717, 1.165) is 43.5 Å². The molecule has 0 aliphatic carbocycles. The van der Waals surface area contributed by atoms with Crippen molar-refractivity contribution in [3.8, 4) is 5.75 Å². The van der Waals surface area contributed by atoms with Crippen LogP contribution in [-0.2, 0) is 22.3 Å². The number of rotatable bonds is 13. The van der Waals surface area contributed by atoms with Crippen molar-refractivity contribution < 1.29 is 14.1 Å². The van der Waals surface area contributed by atoms with Gasteiger partial charge in [-0.2, -0.15) is 0 Å². The third kappa shape index (κ3) is 7.84. The number of carbonyl (C=O) groups excluding carboxylic acids is 1. The topological polar surface area (TPSA) is 50.8 Å². The Hall–Kier alpha value is -2.15. The Kier molecular flexibility index (Phi) is 9.75. The number of ether oxygens (including phenoxy) is 1. The van der Waals surface area contributed by atoms with Gasteiger partial charge in [-0.25, -0.2) is 5.06 Å². The summed E-state index contributed by atoms with van der Waals surface area (Å²) in [6, 6.07) is 15.9. The van der Waals surface area contributed by atoms with Crippen LogP contribution in [0.3, 0.4) is 0 Å². The predicted molar refractivity (Wildman–Crippen MR) is 116 cm³/mol. The van der Waals surface area contributed by atoms with Gasteiger partial charge in [0.2, 0.25) is 15.5 Å². The fourth-order valence-corrected chi connectivity index (χ4v) is 3.52. The van der Waals surface area contributed by atoms with Gasteiger partial charge in [0.05, 0.1) is 5.69 Å². The highest BCUT2D eigenvalue weighted by atomic mass is 28.3.